The van der Waals surface area contributed by atoms with E-state index in [2.05, 4.69) is 20.5 Å². The predicted octanol–water partition coefficient (Wildman–Crippen LogP) is 0.856. The van der Waals surface area contributed by atoms with E-state index in [1.807, 2.05) is 19.2 Å². The maximum absolute atomic E-state index is 11.7. The number of carbonyl (C=O) groups is 1. The summed E-state index contributed by atoms with van der Waals surface area (Å²) in [6, 6.07) is 3.84. The maximum atomic E-state index is 11.7. The first-order chi connectivity index (χ1) is 9.79. The highest BCUT2D eigenvalue weighted by molar-refractivity contribution is 5.89. The molecule has 0 aromatic carbocycles. The van der Waals surface area contributed by atoms with E-state index < -0.39 is 0 Å². The Morgan fingerprint density at radius 1 is 1.40 bits per heavy atom. The lowest BCUT2D eigenvalue weighted by Crippen LogP contribution is -2.36. The minimum atomic E-state index is 0.00636. The number of nitrogens with one attached hydrogen (secondary N) is 2. The molecule has 0 spiro atoms. The fourth-order valence-corrected chi connectivity index (χ4v) is 2.10. The van der Waals surface area contributed by atoms with E-state index in [9.17, 15) is 4.79 Å². The number of ether oxygens (including phenoxy) is 1. The molecule has 1 aromatic heterocycles. The van der Waals surface area contributed by atoms with Crippen LogP contribution in [0.4, 0.5) is 11.5 Å². The van der Waals surface area contributed by atoms with Crippen molar-refractivity contribution in [3.63, 3.8) is 0 Å². The number of aromatic nitrogens is 1. The standard InChI is InChI=1S/C14H22N4O2/c1-15-6-2-3-14(19)17-13-5-4-12(11-16-13)18-7-9-20-10-8-18/h4-5,11,15H,2-3,6-10H2,1H3,(H,16,17,19). The zero-order valence-electron chi connectivity index (χ0n) is 11.9. The van der Waals surface area contributed by atoms with Gasteiger partial charge >= 0.3 is 0 Å². The fourth-order valence-electron chi connectivity index (χ4n) is 2.10. The lowest BCUT2D eigenvalue weighted by Gasteiger charge is -2.28. The third-order valence-corrected chi connectivity index (χ3v) is 3.22. The number of carbonyl (C=O) groups excluding carboxylic acids is 1. The van der Waals surface area contributed by atoms with Gasteiger partial charge in [0.2, 0.25) is 5.91 Å². The van der Waals surface area contributed by atoms with Crippen LogP contribution in [0.3, 0.4) is 0 Å². The van der Waals surface area contributed by atoms with Gasteiger partial charge in [-0.25, -0.2) is 4.98 Å². The highest BCUT2D eigenvalue weighted by Gasteiger charge is 2.11. The molecule has 20 heavy (non-hydrogen) atoms. The minimum Gasteiger partial charge on any atom is -0.378 e. The lowest BCUT2D eigenvalue weighted by molar-refractivity contribution is -0.116. The molecule has 110 valence electrons. The first kappa shape index (κ1) is 14.7. The smallest absolute Gasteiger partial charge is 0.225 e. The van der Waals surface area contributed by atoms with Crippen LogP contribution in [-0.2, 0) is 9.53 Å². The summed E-state index contributed by atoms with van der Waals surface area (Å²) in [5, 5.41) is 5.83. The average molecular weight is 278 g/mol. The van der Waals surface area contributed by atoms with Gasteiger partial charge in [-0.1, -0.05) is 0 Å². The van der Waals surface area contributed by atoms with Crippen LogP contribution in [0.15, 0.2) is 18.3 Å². The van der Waals surface area contributed by atoms with Crippen LogP contribution >= 0.6 is 0 Å². The molecule has 0 saturated carbocycles. The van der Waals surface area contributed by atoms with Crippen molar-refractivity contribution in [2.45, 2.75) is 12.8 Å². The largest absolute Gasteiger partial charge is 0.378 e. The molecule has 1 aliphatic heterocycles. The number of hydrogen-bond donors (Lipinski definition) is 2. The van der Waals surface area contributed by atoms with Gasteiger partial charge < -0.3 is 20.3 Å². The van der Waals surface area contributed by atoms with Crippen molar-refractivity contribution >= 4 is 17.4 Å². The summed E-state index contributed by atoms with van der Waals surface area (Å²) in [5.41, 5.74) is 1.07. The van der Waals surface area contributed by atoms with Gasteiger partial charge in [0.15, 0.2) is 0 Å². The lowest BCUT2D eigenvalue weighted by atomic mass is 10.3. The van der Waals surface area contributed by atoms with Crippen molar-refractivity contribution in [3.8, 4) is 0 Å². The second-order valence-corrected chi connectivity index (χ2v) is 4.76. The summed E-state index contributed by atoms with van der Waals surface area (Å²) in [7, 11) is 1.88. The number of nitrogens with zero attached hydrogens (tertiary/aromatic N) is 2. The van der Waals surface area contributed by atoms with Crippen LogP contribution in [0.1, 0.15) is 12.8 Å². The monoisotopic (exact) mass is 278 g/mol. The van der Waals surface area contributed by atoms with Crippen molar-refractivity contribution in [1.82, 2.24) is 10.3 Å². The first-order valence-electron chi connectivity index (χ1n) is 7.03. The Kier molecular flexibility index (Phi) is 5.76. The summed E-state index contributed by atoms with van der Waals surface area (Å²) in [6.45, 7) is 4.12. The summed E-state index contributed by atoms with van der Waals surface area (Å²) in [5.74, 6) is 0.614. The molecule has 0 atom stereocenters. The molecule has 1 aliphatic rings. The highest BCUT2D eigenvalue weighted by Crippen LogP contribution is 2.16. The Hall–Kier alpha value is -1.66. The quantitative estimate of drug-likeness (QED) is 0.755. The molecule has 1 fully saturated rings. The molecule has 1 amide bonds. The molecule has 1 saturated heterocycles. The number of amides is 1. The molecule has 6 heteroatoms. The van der Waals surface area contributed by atoms with Gasteiger partial charge in [0.1, 0.15) is 5.82 Å². The molecule has 0 bridgehead atoms. The summed E-state index contributed by atoms with van der Waals surface area (Å²) < 4.78 is 5.32. The van der Waals surface area contributed by atoms with Crippen LogP contribution in [0.2, 0.25) is 0 Å². The molecule has 2 heterocycles. The molecule has 0 aliphatic carbocycles. The van der Waals surface area contributed by atoms with E-state index in [4.69, 9.17) is 4.74 Å². The maximum Gasteiger partial charge on any atom is 0.225 e. The van der Waals surface area contributed by atoms with Crippen LogP contribution in [0, 0.1) is 0 Å². The minimum absolute atomic E-state index is 0.00636. The van der Waals surface area contributed by atoms with E-state index in [-0.39, 0.29) is 5.91 Å². The zero-order valence-corrected chi connectivity index (χ0v) is 11.9. The number of rotatable bonds is 6. The van der Waals surface area contributed by atoms with Crippen molar-refractivity contribution in [1.29, 1.82) is 0 Å². The molecule has 6 nitrogen and oxygen atoms in total. The molecular weight excluding hydrogens is 256 g/mol. The Balaban J connectivity index is 1.83. The third-order valence-electron chi connectivity index (χ3n) is 3.22. The van der Waals surface area contributed by atoms with E-state index in [1.54, 1.807) is 6.20 Å². The highest BCUT2D eigenvalue weighted by atomic mass is 16.5. The second kappa shape index (κ2) is 7.81. The molecule has 2 rings (SSSR count). The SMILES string of the molecule is CNCCCC(=O)Nc1ccc(N2CCOCC2)cn1. The molecule has 2 N–H and O–H groups in total. The first-order valence-corrected chi connectivity index (χ1v) is 7.03. The van der Waals surface area contributed by atoms with Crippen molar-refractivity contribution < 1.29 is 9.53 Å². The van der Waals surface area contributed by atoms with Gasteiger partial charge in [-0.2, -0.15) is 0 Å². The Morgan fingerprint density at radius 3 is 2.85 bits per heavy atom. The van der Waals surface area contributed by atoms with Gasteiger partial charge in [0.25, 0.3) is 0 Å². The summed E-state index contributed by atoms with van der Waals surface area (Å²) in [6.07, 6.45) is 3.14. The topological polar surface area (TPSA) is 66.5 Å². The number of hydrogen-bond acceptors (Lipinski definition) is 5. The van der Waals surface area contributed by atoms with Gasteiger partial charge in [0.05, 0.1) is 25.1 Å². The fraction of sp³-hybridized carbons (Fsp3) is 0.571. The van der Waals surface area contributed by atoms with E-state index in [0.29, 0.717) is 12.2 Å². The van der Waals surface area contributed by atoms with Crippen LogP contribution in [0.25, 0.3) is 0 Å². The Bertz CT molecular complexity index is 416. The van der Waals surface area contributed by atoms with Gasteiger partial charge in [-0.05, 0) is 32.1 Å². The second-order valence-electron chi connectivity index (χ2n) is 4.76. The summed E-state index contributed by atoms with van der Waals surface area (Å²) >= 11 is 0. The molecular formula is C14H22N4O2. The van der Waals surface area contributed by atoms with Crippen molar-refractivity contribution in [3.05, 3.63) is 18.3 Å². The molecule has 1 aromatic rings. The van der Waals surface area contributed by atoms with Gasteiger partial charge in [0, 0.05) is 19.5 Å². The Morgan fingerprint density at radius 2 is 2.20 bits per heavy atom. The number of pyridine rings is 1. The van der Waals surface area contributed by atoms with Crippen molar-refractivity contribution in [2.24, 2.45) is 0 Å². The third kappa shape index (κ3) is 4.47. The predicted molar refractivity (Wildman–Crippen MR) is 79.1 cm³/mol. The molecule has 0 unspecified atom stereocenters. The molecule has 0 radical (unpaired) electrons. The van der Waals surface area contributed by atoms with Gasteiger partial charge in [-0.15, -0.1) is 0 Å². The zero-order chi connectivity index (χ0) is 14.2. The van der Waals surface area contributed by atoms with Gasteiger partial charge in [-0.3, -0.25) is 4.79 Å². The number of morpholine rings is 1. The summed E-state index contributed by atoms with van der Waals surface area (Å²) in [4.78, 5) is 18.2. The van der Waals surface area contributed by atoms with Crippen LogP contribution in [-0.4, -0.2) is 50.8 Å². The van der Waals surface area contributed by atoms with Crippen LogP contribution < -0.4 is 15.5 Å². The normalized spacial score (nSPS) is 15.2. The van der Waals surface area contributed by atoms with E-state index in [0.717, 1.165) is 45.0 Å². The average Bonchev–Trinajstić information content (AvgIpc) is 2.49. The van der Waals surface area contributed by atoms with E-state index in [1.165, 1.54) is 0 Å². The van der Waals surface area contributed by atoms with E-state index >= 15 is 0 Å². The van der Waals surface area contributed by atoms with Crippen molar-refractivity contribution in [2.75, 3.05) is 50.1 Å². The number of anilines is 2. The van der Waals surface area contributed by atoms with Crippen LogP contribution in [0.5, 0.6) is 0 Å². The Labute approximate surface area is 119 Å².